The minimum Gasteiger partial charge on any atom is -0.465 e. The van der Waals surface area contributed by atoms with Crippen molar-refractivity contribution in [3.05, 3.63) is 35.4 Å². The van der Waals surface area contributed by atoms with Gasteiger partial charge < -0.3 is 14.8 Å². The molecule has 0 heterocycles. The Hall–Kier alpha value is -2.90. The molecule has 136 valence electrons. The van der Waals surface area contributed by atoms with Crippen LogP contribution in [0.5, 0.6) is 0 Å². The Morgan fingerprint density at radius 1 is 0.960 bits per heavy atom. The lowest BCUT2D eigenvalue weighted by molar-refractivity contribution is -0.127. The Morgan fingerprint density at radius 3 is 1.88 bits per heavy atom. The van der Waals surface area contributed by atoms with Gasteiger partial charge in [0.05, 0.1) is 18.2 Å². The second kappa shape index (κ2) is 8.27. The zero-order valence-corrected chi connectivity index (χ0v) is 14.8. The topological polar surface area (TPSA) is 111 Å². The summed E-state index contributed by atoms with van der Waals surface area (Å²) in [5, 5.41) is 4.65. The van der Waals surface area contributed by atoms with Crippen LogP contribution in [0.3, 0.4) is 0 Å². The quantitative estimate of drug-likeness (QED) is 0.799. The molecule has 8 nitrogen and oxygen atoms in total. The average molecular weight is 350 g/mol. The standard InChI is InChI=1S/C17H22N2O6/c1-10(13(20)18-16(23)19-17(2,3)4)25-15(22)12-8-6-11(7-9-12)14(21)24-5/h6-10H,1-5H3,(H2,18,19,20,23). The molecule has 25 heavy (non-hydrogen) atoms. The number of esters is 2. The summed E-state index contributed by atoms with van der Waals surface area (Å²) >= 11 is 0. The molecule has 3 amide bonds. The molecule has 1 unspecified atom stereocenters. The van der Waals surface area contributed by atoms with Crippen LogP contribution in [-0.4, -0.2) is 42.6 Å². The van der Waals surface area contributed by atoms with Crippen LogP contribution in [-0.2, 0) is 14.3 Å². The van der Waals surface area contributed by atoms with E-state index in [2.05, 4.69) is 15.4 Å². The van der Waals surface area contributed by atoms with Gasteiger partial charge in [0.1, 0.15) is 0 Å². The molecule has 1 atom stereocenters. The van der Waals surface area contributed by atoms with Gasteiger partial charge >= 0.3 is 18.0 Å². The maximum atomic E-state index is 12.0. The molecule has 1 rings (SSSR count). The highest BCUT2D eigenvalue weighted by Crippen LogP contribution is 2.08. The zero-order chi connectivity index (χ0) is 19.2. The van der Waals surface area contributed by atoms with E-state index < -0.39 is 35.5 Å². The second-order valence-corrected chi connectivity index (χ2v) is 6.31. The summed E-state index contributed by atoms with van der Waals surface area (Å²) in [6.07, 6.45) is -1.17. The number of imide groups is 1. The van der Waals surface area contributed by atoms with Gasteiger partial charge in [-0.05, 0) is 52.0 Å². The molecule has 0 fully saturated rings. The Morgan fingerprint density at radius 2 is 1.44 bits per heavy atom. The maximum absolute atomic E-state index is 12.0. The van der Waals surface area contributed by atoms with E-state index in [9.17, 15) is 19.2 Å². The molecule has 0 saturated carbocycles. The van der Waals surface area contributed by atoms with E-state index in [0.717, 1.165) is 0 Å². The number of urea groups is 1. The number of ether oxygens (including phenoxy) is 2. The monoisotopic (exact) mass is 350 g/mol. The van der Waals surface area contributed by atoms with Gasteiger partial charge in [0.15, 0.2) is 6.10 Å². The molecular weight excluding hydrogens is 328 g/mol. The van der Waals surface area contributed by atoms with Crippen molar-refractivity contribution in [1.82, 2.24) is 10.6 Å². The van der Waals surface area contributed by atoms with Crippen LogP contribution in [0.1, 0.15) is 48.4 Å². The molecule has 1 aromatic rings. The molecule has 0 bridgehead atoms. The third-order valence-electron chi connectivity index (χ3n) is 2.92. The van der Waals surface area contributed by atoms with Gasteiger partial charge in [0.25, 0.3) is 5.91 Å². The van der Waals surface area contributed by atoms with E-state index in [1.54, 1.807) is 20.8 Å². The first-order valence-corrected chi connectivity index (χ1v) is 7.56. The van der Waals surface area contributed by atoms with E-state index >= 15 is 0 Å². The summed E-state index contributed by atoms with van der Waals surface area (Å²) in [5.41, 5.74) is -0.0683. The normalized spacial score (nSPS) is 11.9. The van der Waals surface area contributed by atoms with Crippen molar-refractivity contribution in [2.45, 2.75) is 39.3 Å². The Balaban J connectivity index is 2.62. The molecule has 0 aliphatic rings. The molecule has 0 spiro atoms. The summed E-state index contributed by atoms with van der Waals surface area (Å²) in [4.78, 5) is 46.8. The number of carbonyl (C=O) groups is 4. The number of nitrogens with one attached hydrogen (secondary N) is 2. The van der Waals surface area contributed by atoms with Gasteiger partial charge in [0.2, 0.25) is 0 Å². The molecule has 0 saturated heterocycles. The average Bonchev–Trinajstić information content (AvgIpc) is 2.52. The molecule has 0 aromatic heterocycles. The number of methoxy groups -OCH3 is 1. The van der Waals surface area contributed by atoms with Gasteiger partial charge in [-0.3, -0.25) is 10.1 Å². The predicted octanol–water partition coefficient (Wildman–Crippen LogP) is 1.64. The van der Waals surface area contributed by atoms with Crippen molar-refractivity contribution in [2.24, 2.45) is 0 Å². The SMILES string of the molecule is COC(=O)c1ccc(C(=O)OC(C)C(=O)NC(=O)NC(C)(C)C)cc1. The number of amides is 3. The van der Waals surface area contributed by atoms with Gasteiger partial charge in [-0.1, -0.05) is 0 Å². The van der Waals surface area contributed by atoms with E-state index in [1.165, 1.54) is 38.3 Å². The Kier molecular flexibility index (Phi) is 6.67. The summed E-state index contributed by atoms with van der Waals surface area (Å²) in [5.74, 6) is -2.03. The molecule has 2 N–H and O–H groups in total. The number of benzene rings is 1. The maximum Gasteiger partial charge on any atom is 0.338 e. The van der Waals surface area contributed by atoms with Gasteiger partial charge in [-0.2, -0.15) is 0 Å². The number of hydrogen-bond acceptors (Lipinski definition) is 6. The summed E-state index contributed by atoms with van der Waals surface area (Å²) in [7, 11) is 1.25. The summed E-state index contributed by atoms with van der Waals surface area (Å²) < 4.78 is 9.57. The van der Waals surface area contributed by atoms with Gasteiger partial charge in [-0.25, -0.2) is 14.4 Å². The number of hydrogen-bond donors (Lipinski definition) is 2. The third kappa shape index (κ3) is 6.62. The highest BCUT2D eigenvalue weighted by Gasteiger charge is 2.22. The fourth-order valence-electron chi connectivity index (χ4n) is 1.73. The van der Waals surface area contributed by atoms with Crippen LogP contribution >= 0.6 is 0 Å². The summed E-state index contributed by atoms with van der Waals surface area (Å²) in [6, 6.07) is 4.90. The smallest absolute Gasteiger partial charge is 0.338 e. The van der Waals surface area contributed by atoms with E-state index in [4.69, 9.17) is 4.74 Å². The van der Waals surface area contributed by atoms with Crippen molar-refractivity contribution in [2.75, 3.05) is 7.11 Å². The van der Waals surface area contributed by atoms with Crippen LogP contribution < -0.4 is 10.6 Å². The van der Waals surface area contributed by atoms with Crippen LogP contribution in [0.4, 0.5) is 4.79 Å². The van der Waals surface area contributed by atoms with Gasteiger partial charge in [-0.15, -0.1) is 0 Å². The van der Waals surface area contributed by atoms with Gasteiger partial charge in [0, 0.05) is 5.54 Å². The van der Waals surface area contributed by atoms with Crippen LogP contribution in [0, 0.1) is 0 Å². The van der Waals surface area contributed by atoms with Crippen LogP contribution in [0.15, 0.2) is 24.3 Å². The van der Waals surface area contributed by atoms with Crippen LogP contribution in [0.25, 0.3) is 0 Å². The molecule has 8 heteroatoms. The Bertz CT molecular complexity index is 661. The first kappa shape index (κ1) is 20.1. The van der Waals surface area contributed by atoms with Crippen molar-refractivity contribution >= 4 is 23.9 Å². The molecular formula is C17H22N2O6. The van der Waals surface area contributed by atoms with E-state index in [1.807, 2.05) is 0 Å². The molecule has 0 aliphatic heterocycles. The highest BCUT2D eigenvalue weighted by atomic mass is 16.5. The fraction of sp³-hybridized carbons (Fsp3) is 0.412. The van der Waals surface area contributed by atoms with E-state index in [0.29, 0.717) is 0 Å². The molecule has 0 radical (unpaired) electrons. The van der Waals surface area contributed by atoms with Crippen molar-refractivity contribution in [3.8, 4) is 0 Å². The molecule has 1 aromatic carbocycles. The van der Waals surface area contributed by atoms with Crippen molar-refractivity contribution in [1.29, 1.82) is 0 Å². The fourth-order valence-corrected chi connectivity index (χ4v) is 1.73. The predicted molar refractivity (Wildman–Crippen MR) is 89.1 cm³/mol. The number of rotatable bonds is 4. The lowest BCUT2D eigenvalue weighted by Crippen LogP contribution is -2.50. The lowest BCUT2D eigenvalue weighted by Gasteiger charge is -2.21. The Labute approximate surface area is 145 Å². The minimum absolute atomic E-state index is 0.159. The van der Waals surface area contributed by atoms with Crippen molar-refractivity contribution in [3.63, 3.8) is 0 Å². The third-order valence-corrected chi connectivity index (χ3v) is 2.92. The van der Waals surface area contributed by atoms with E-state index in [-0.39, 0.29) is 11.1 Å². The first-order valence-electron chi connectivity index (χ1n) is 7.56. The number of carbonyl (C=O) groups excluding carboxylic acids is 4. The second-order valence-electron chi connectivity index (χ2n) is 6.31. The summed E-state index contributed by atoms with van der Waals surface area (Å²) in [6.45, 7) is 6.63. The zero-order valence-electron chi connectivity index (χ0n) is 14.8. The first-order chi connectivity index (χ1) is 11.5. The molecule has 0 aliphatic carbocycles. The highest BCUT2D eigenvalue weighted by molar-refractivity contribution is 5.99. The van der Waals surface area contributed by atoms with Crippen molar-refractivity contribution < 1.29 is 28.7 Å². The van der Waals surface area contributed by atoms with Crippen LogP contribution in [0.2, 0.25) is 0 Å². The minimum atomic E-state index is -1.17. The lowest BCUT2D eigenvalue weighted by atomic mass is 10.1. The largest absolute Gasteiger partial charge is 0.465 e.